The maximum atomic E-state index is 14.3. The molecular weight excluding hydrogens is 330 g/mol. The summed E-state index contributed by atoms with van der Waals surface area (Å²) in [6.45, 7) is 6.37. The number of ether oxygens (including phenoxy) is 1. The molecule has 0 unspecified atom stereocenters. The zero-order valence-corrected chi connectivity index (χ0v) is 14.5. The summed E-state index contributed by atoms with van der Waals surface area (Å²) in [7, 11) is -1.99. The molecule has 1 aromatic carbocycles. The van der Waals surface area contributed by atoms with Gasteiger partial charge in [0.05, 0.1) is 5.56 Å². The molecule has 1 saturated heterocycles. The zero-order valence-electron chi connectivity index (χ0n) is 14.5. The molecule has 0 aromatic heterocycles. The summed E-state index contributed by atoms with van der Waals surface area (Å²) >= 11 is 0. The minimum Gasteiger partial charge on any atom is -0.444 e. The molecular formula is C16H22BFN2O5. The molecule has 2 N–H and O–H groups in total. The average Bonchev–Trinajstić information content (AvgIpc) is 2.52. The van der Waals surface area contributed by atoms with Crippen LogP contribution >= 0.6 is 0 Å². The van der Waals surface area contributed by atoms with E-state index in [1.54, 1.807) is 20.8 Å². The summed E-state index contributed by atoms with van der Waals surface area (Å²) in [4.78, 5) is 27.4. The SMILES string of the molecule is CC(C)(C)OC(=O)N1CCN(C(=O)c2cccc(B(O)O)c2F)CC1. The largest absolute Gasteiger partial charge is 0.491 e. The maximum absolute atomic E-state index is 14.3. The van der Waals surface area contributed by atoms with Gasteiger partial charge >= 0.3 is 13.2 Å². The summed E-state index contributed by atoms with van der Waals surface area (Å²) in [6.07, 6.45) is -0.448. The van der Waals surface area contributed by atoms with E-state index < -0.39 is 30.5 Å². The lowest BCUT2D eigenvalue weighted by atomic mass is 9.79. The van der Waals surface area contributed by atoms with Crippen LogP contribution in [-0.2, 0) is 4.74 Å². The first-order valence-electron chi connectivity index (χ1n) is 8.02. The highest BCUT2D eigenvalue weighted by atomic mass is 19.1. The van der Waals surface area contributed by atoms with Crippen LogP contribution in [0.3, 0.4) is 0 Å². The second kappa shape index (κ2) is 7.41. The minimum atomic E-state index is -1.99. The zero-order chi connectivity index (χ0) is 18.8. The molecule has 0 spiro atoms. The van der Waals surface area contributed by atoms with Crippen LogP contribution in [0.15, 0.2) is 18.2 Å². The van der Waals surface area contributed by atoms with Crippen LogP contribution in [0, 0.1) is 5.82 Å². The van der Waals surface area contributed by atoms with Gasteiger partial charge in [-0.3, -0.25) is 4.79 Å². The lowest BCUT2D eigenvalue weighted by Gasteiger charge is -2.35. The van der Waals surface area contributed by atoms with E-state index in [-0.39, 0.29) is 37.2 Å². The molecule has 136 valence electrons. The number of amides is 2. The summed E-state index contributed by atoms with van der Waals surface area (Å²) in [6, 6.07) is 3.89. The van der Waals surface area contributed by atoms with Gasteiger partial charge in [-0.1, -0.05) is 12.1 Å². The molecule has 0 radical (unpaired) electrons. The van der Waals surface area contributed by atoms with Crippen molar-refractivity contribution in [2.75, 3.05) is 26.2 Å². The van der Waals surface area contributed by atoms with E-state index >= 15 is 0 Å². The van der Waals surface area contributed by atoms with Gasteiger partial charge in [0.1, 0.15) is 11.4 Å². The standard InChI is InChI=1S/C16H22BFN2O5/c1-16(2,3)25-15(22)20-9-7-19(8-10-20)14(21)11-5-4-6-12(13(11)18)17(23)24/h4-6,23-24H,7-10H2,1-3H3. The Labute approximate surface area is 146 Å². The van der Waals surface area contributed by atoms with Gasteiger partial charge in [0.2, 0.25) is 0 Å². The Bertz CT molecular complexity index is 654. The summed E-state index contributed by atoms with van der Waals surface area (Å²) < 4.78 is 19.6. The average molecular weight is 352 g/mol. The Kier molecular flexibility index (Phi) is 5.69. The number of rotatable bonds is 2. The fourth-order valence-corrected chi connectivity index (χ4v) is 2.50. The van der Waals surface area contributed by atoms with Crippen LogP contribution in [0.2, 0.25) is 0 Å². The van der Waals surface area contributed by atoms with Crippen molar-refractivity contribution < 1.29 is 28.8 Å². The van der Waals surface area contributed by atoms with Gasteiger partial charge in [0, 0.05) is 31.6 Å². The molecule has 9 heteroatoms. The van der Waals surface area contributed by atoms with E-state index in [9.17, 15) is 14.0 Å². The Balaban J connectivity index is 2.03. The number of benzene rings is 1. The van der Waals surface area contributed by atoms with Gasteiger partial charge in [-0.05, 0) is 26.8 Å². The number of piperazine rings is 1. The normalized spacial score (nSPS) is 15.1. The number of hydrogen-bond donors (Lipinski definition) is 2. The quantitative estimate of drug-likeness (QED) is 0.742. The summed E-state index contributed by atoms with van der Waals surface area (Å²) in [5.41, 5.74) is -1.17. The van der Waals surface area contributed by atoms with Crippen molar-refractivity contribution in [3.63, 3.8) is 0 Å². The van der Waals surface area contributed by atoms with Crippen LogP contribution in [0.1, 0.15) is 31.1 Å². The van der Waals surface area contributed by atoms with E-state index in [0.717, 1.165) is 0 Å². The van der Waals surface area contributed by atoms with Crippen molar-refractivity contribution in [3.05, 3.63) is 29.6 Å². The van der Waals surface area contributed by atoms with E-state index in [4.69, 9.17) is 14.8 Å². The van der Waals surface area contributed by atoms with E-state index in [0.29, 0.717) is 0 Å². The number of halogens is 1. The molecule has 2 rings (SSSR count). The molecule has 1 aliphatic rings. The predicted molar refractivity (Wildman–Crippen MR) is 89.9 cm³/mol. The first kappa shape index (κ1) is 19.2. The van der Waals surface area contributed by atoms with Crippen LogP contribution in [0.5, 0.6) is 0 Å². The Morgan fingerprint density at radius 1 is 1.12 bits per heavy atom. The van der Waals surface area contributed by atoms with Crippen LogP contribution in [0.25, 0.3) is 0 Å². The van der Waals surface area contributed by atoms with E-state index in [1.807, 2.05) is 0 Å². The molecule has 0 saturated carbocycles. The molecule has 1 aliphatic heterocycles. The highest BCUT2D eigenvalue weighted by Gasteiger charge is 2.30. The molecule has 0 atom stereocenters. The van der Waals surface area contributed by atoms with Crippen molar-refractivity contribution in [2.45, 2.75) is 26.4 Å². The highest BCUT2D eigenvalue weighted by molar-refractivity contribution is 6.58. The maximum Gasteiger partial charge on any atom is 0.491 e. The Morgan fingerprint density at radius 3 is 2.20 bits per heavy atom. The van der Waals surface area contributed by atoms with Gasteiger partial charge in [-0.15, -0.1) is 0 Å². The molecule has 1 aromatic rings. The van der Waals surface area contributed by atoms with Crippen molar-refractivity contribution in [3.8, 4) is 0 Å². The summed E-state index contributed by atoms with van der Waals surface area (Å²) in [5.74, 6) is -1.50. The van der Waals surface area contributed by atoms with Crippen molar-refractivity contribution in [1.82, 2.24) is 9.80 Å². The minimum absolute atomic E-state index is 0.226. The smallest absolute Gasteiger partial charge is 0.444 e. The first-order valence-corrected chi connectivity index (χ1v) is 8.02. The molecule has 25 heavy (non-hydrogen) atoms. The molecule has 2 amide bonds. The molecule has 7 nitrogen and oxygen atoms in total. The topological polar surface area (TPSA) is 90.3 Å². The first-order chi connectivity index (χ1) is 11.6. The fourth-order valence-electron chi connectivity index (χ4n) is 2.50. The lowest BCUT2D eigenvalue weighted by Crippen LogP contribution is -2.52. The summed E-state index contributed by atoms with van der Waals surface area (Å²) in [5, 5.41) is 18.3. The van der Waals surface area contributed by atoms with E-state index in [1.165, 1.54) is 28.0 Å². The van der Waals surface area contributed by atoms with Crippen molar-refractivity contribution in [1.29, 1.82) is 0 Å². The van der Waals surface area contributed by atoms with Crippen molar-refractivity contribution in [2.24, 2.45) is 0 Å². The number of nitrogens with zero attached hydrogens (tertiary/aromatic N) is 2. The molecule has 1 fully saturated rings. The van der Waals surface area contributed by atoms with Gasteiger partial charge in [0.15, 0.2) is 0 Å². The number of carbonyl (C=O) groups excluding carboxylic acids is 2. The highest BCUT2D eigenvalue weighted by Crippen LogP contribution is 2.14. The van der Waals surface area contributed by atoms with Gasteiger partial charge < -0.3 is 24.6 Å². The van der Waals surface area contributed by atoms with Gasteiger partial charge in [-0.25, -0.2) is 9.18 Å². The van der Waals surface area contributed by atoms with E-state index in [2.05, 4.69) is 0 Å². The van der Waals surface area contributed by atoms with Crippen LogP contribution < -0.4 is 5.46 Å². The van der Waals surface area contributed by atoms with Crippen molar-refractivity contribution >= 4 is 24.6 Å². The molecule has 0 aliphatic carbocycles. The number of hydrogen-bond acceptors (Lipinski definition) is 5. The molecule has 0 bridgehead atoms. The number of carbonyl (C=O) groups is 2. The Morgan fingerprint density at radius 2 is 1.68 bits per heavy atom. The van der Waals surface area contributed by atoms with Gasteiger partial charge in [0.25, 0.3) is 5.91 Å². The predicted octanol–water partition coefficient (Wildman–Crippen LogP) is 0.198. The third-order valence-corrected chi connectivity index (χ3v) is 3.76. The second-order valence-corrected chi connectivity index (χ2v) is 6.84. The second-order valence-electron chi connectivity index (χ2n) is 6.84. The van der Waals surface area contributed by atoms with Crippen LogP contribution in [-0.4, -0.2) is 70.7 Å². The third-order valence-electron chi connectivity index (χ3n) is 3.76. The fraction of sp³-hybridized carbons (Fsp3) is 0.500. The molecule has 1 heterocycles. The third kappa shape index (κ3) is 4.70. The van der Waals surface area contributed by atoms with Gasteiger partial charge in [-0.2, -0.15) is 0 Å². The van der Waals surface area contributed by atoms with Crippen LogP contribution in [0.4, 0.5) is 9.18 Å². The lowest BCUT2D eigenvalue weighted by molar-refractivity contribution is 0.0140. The Hall–Kier alpha value is -2.13. The monoisotopic (exact) mass is 352 g/mol.